The lowest BCUT2D eigenvalue weighted by atomic mass is 10.1. The number of amides is 2. The first kappa shape index (κ1) is 21.8. The van der Waals surface area contributed by atoms with E-state index in [9.17, 15) is 14.4 Å². The summed E-state index contributed by atoms with van der Waals surface area (Å²) < 4.78 is 15.5. The van der Waals surface area contributed by atoms with E-state index in [0.717, 1.165) is 4.90 Å². The zero-order valence-electron chi connectivity index (χ0n) is 16.8. The summed E-state index contributed by atoms with van der Waals surface area (Å²) in [7, 11) is 1.56. The van der Waals surface area contributed by atoms with Gasteiger partial charge in [0, 0.05) is 5.56 Å². The van der Waals surface area contributed by atoms with E-state index in [0.29, 0.717) is 11.3 Å². The first-order chi connectivity index (χ1) is 15.3. The second-order valence-corrected chi connectivity index (χ2v) is 7.63. The highest BCUT2D eigenvalue weighted by Crippen LogP contribution is 2.32. The summed E-state index contributed by atoms with van der Waals surface area (Å²) in [6.07, 6.45) is 0. The quantitative estimate of drug-likeness (QED) is 0.391. The topological polar surface area (TPSA) is 112 Å². The Morgan fingerprint density at radius 2 is 1.69 bits per heavy atom. The van der Waals surface area contributed by atoms with Crippen LogP contribution in [0.2, 0.25) is 10.0 Å². The summed E-state index contributed by atoms with van der Waals surface area (Å²) in [6.45, 7) is 1.08. The Labute approximate surface area is 191 Å². The number of benzene rings is 2. The van der Waals surface area contributed by atoms with E-state index in [1.54, 1.807) is 31.4 Å². The number of hydrogen-bond acceptors (Lipinski definition) is 8. The molecule has 0 spiro atoms. The second-order valence-electron chi connectivity index (χ2n) is 6.82. The number of halogens is 2. The van der Waals surface area contributed by atoms with Crippen molar-refractivity contribution >= 4 is 41.0 Å². The molecule has 11 heteroatoms. The summed E-state index contributed by atoms with van der Waals surface area (Å²) in [5.41, 5.74) is 0.810. The zero-order valence-corrected chi connectivity index (χ0v) is 18.3. The minimum absolute atomic E-state index is 0.0753. The van der Waals surface area contributed by atoms with Crippen molar-refractivity contribution in [1.29, 1.82) is 0 Å². The molecular formula is C21H15Cl2N3O6. The summed E-state index contributed by atoms with van der Waals surface area (Å²) in [5.74, 6) is -1.09. The van der Waals surface area contributed by atoms with Gasteiger partial charge in [0.2, 0.25) is 5.82 Å². The lowest BCUT2D eigenvalue weighted by Gasteiger charge is -2.20. The van der Waals surface area contributed by atoms with E-state index in [-0.39, 0.29) is 39.5 Å². The molecule has 164 valence electrons. The molecule has 0 radical (unpaired) electrons. The molecule has 0 bridgehead atoms. The highest BCUT2D eigenvalue weighted by Gasteiger charge is 2.42. The number of esters is 1. The molecule has 2 aromatic carbocycles. The number of imide groups is 1. The summed E-state index contributed by atoms with van der Waals surface area (Å²) in [6, 6.07) is 8.38. The van der Waals surface area contributed by atoms with Crippen LogP contribution in [0, 0.1) is 0 Å². The van der Waals surface area contributed by atoms with E-state index in [2.05, 4.69) is 10.1 Å². The Balaban J connectivity index is 1.42. The number of methoxy groups -OCH3 is 1. The Morgan fingerprint density at radius 3 is 2.25 bits per heavy atom. The van der Waals surface area contributed by atoms with Gasteiger partial charge in [0.25, 0.3) is 17.7 Å². The number of ether oxygens (including phenoxy) is 2. The molecule has 1 atom stereocenters. The maximum absolute atomic E-state index is 12.6. The minimum atomic E-state index is -1.19. The van der Waals surface area contributed by atoms with Crippen LogP contribution in [0.1, 0.15) is 33.5 Å². The number of aromatic nitrogens is 2. The average molecular weight is 476 g/mol. The summed E-state index contributed by atoms with van der Waals surface area (Å²) in [4.78, 5) is 42.8. The molecule has 3 aromatic rings. The van der Waals surface area contributed by atoms with Crippen LogP contribution in [0.5, 0.6) is 5.75 Å². The van der Waals surface area contributed by atoms with Crippen molar-refractivity contribution < 1.29 is 28.4 Å². The van der Waals surface area contributed by atoms with Crippen molar-refractivity contribution in [2.45, 2.75) is 19.6 Å². The Kier molecular flexibility index (Phi) is 5.86. The van der Waals surface area contributed by atoms with E-state index >= 15 is 0 Å². The zero-order chi connectivity index (χ0) is 23.0. The molecule has 1 aromatic heterocycles. The van der Waals surface area contributed by atoms with Crippen molar-refractivity contribution in [3.63, 3.8) is 0 Å². The van der Waals surface area contributed by atoms with Crippen LogP contribution >= 0.6 is 23.2 Å². The van der Waals surface area contributed by atoms with Gasteiger partial charge in [-0.25, -0.2) is 4.79 Å². The van der Waals surface area contributed by atoms with Gasteiger partial charge in [0.1, 0.15) is 11.8 Å². The van der Waals surface area contributed by atoms with E-state index in [1.807, 2.05) is 0 Å². The fraction of sp³-hybridized carbons (Fsp3) is 0.190. The molecule has 0 saturated carbocycles. The maximum Gasteiger partial charge on any atom is 0.329 e. The smallest absolute Gasteiger partial charge is 0.329 e. The van der Waals surface area contributed by atoms with Crippen molar-refractivity contribution in [2.75, 3.05) is 7.11 Å². The number of rotatable bonds is 6. The first-order valence-electron chi connectivity index (χ1n) is 9.30. The molecule has 2 heterocycles. The van der Waals surface area contributed by atoms with Gasteiger partial charge < -0.3 is 14.0 Å². The third-order valence-corrected chi connectivity index (χ3v) is 5.56. The number of carbonyl (C=O) groups is 3. The SMILES string of the molecule is COc1ccc(-c2nc(COC(=O)[C@H](C)N3C(=O)c4cc(Cl)c(Cl)cc4C3=O)no2)cc1. The first-order valence-corrected chi connectivity index (χ1v) is 10.1. The molecule has 0 unspecified atom stereocenters. The lowest BCUT2D eigenvalue weighted by Crippen LogP contribution is -2.43. The van der Waals surface area contributed by atoms with Crippen LogP contribution in [0.4, 0.5) is 0 Å². The molecule has 0 fully saturated rings. The van der Waals surface area contributed by atoms with Gasteiger partial charge in [-0.15, -0.1) is 0 Å². The third kappa shape index (κ3) is 3.92. The van der Waals surface area contributed by atoms with Gasteiger partial charge in [-0.05, 0) is 43.3 Å². The predicted molar refractivity (Wildman–Crippen MR) is 113 cm³/mol. The number of nitrogens with zero attached hydrogens (tertiary/aromatic N) is 3. The van der Waals surface area contributed by atoms with Crippen LogP contribution in [-0.2, 0) is 16.1 Å². The number of fused-ring (bicyclic) bond motifs is 1. The molecule has 0 aliphatic carbocycles. The number of hydrogen-bond donors (Lipinski definition) is 0. The Bertz CT molecular complexity index is 1180. The van der Waals surface area contributed by atoms with Gasteiger partial charge in [-0.1, -0.05) is 28.4 Å². The Morgan fingerprint density at radius 1 is 1.09 bits per heavy atom. The highest BCUT2D eigenvalue weighted by atomic mass is 35.5. The average Bonchev–Trinajstić information content (AvgIpc) is 3.36. The molecule has 0 saturated heterocycles. The third-order valence-electron chi connectivity index (χ3n) is 4.84. The molecule has 1 aliphatic heterocycles. The van der Waals surface area contributed by atoms with E-state index < -0.39 is 23.8 Å². The van der Waals surface area contributed by atoms with Gasteiger partial charge >= 0.3 is 5.97 Å². The van der Waals surface area contributed by atoms with Crippen LogP contribution in [0.25, 0.3) is 11.5 Å². The van der Waals surface area contributed by atoms with E-state index in [4.69, 9.17) is 37.2 Å². The molecular weight excluding hydrogens is 461 g/mol. The molecule has 32 heavy (non-hydrogen) atoms. The minimum Gasteiger partial charge on any atom is -0.497 e. The van der Waals surface area contributed by atoms with Gasteiger partial charge in [-0.3, -0.25) is 14.5 Å². The van der Waals surface area contributed by atoms with Crippen molar-refractivity contribution in [1.82, 2.24) is 15.0 Å². The highest BCUT2D eigenvalue weighted by molar-refractivity contribution is 6.43. The molecule has 2 amide bonds. The van der Waals surface area contributed by atoms with Crippen LogP contribution in [-0.4, -0.2) is 46.0 Å². The van der Waals surface area contributed by atoms with Gasteiger partial charge in [0.15, 0.2) is 6.61 Å². The standard InChI is InChI=1S/C21H15Cl2N3O6/c1-10(26-19(27)13-7-15(22)16(23)8-14(13)20(26)28)21(29)31-9-17-24-18(32-25-17)11-3-5-12(30-2)6-4-11/h3-8,10H,9H2,1-2H3/t10-/m0/s1. The molecule has 1 aliphatic rings. The second kappa shape index (κ2) is 8.60. The fourth-order valence-corrected chi connectivity index (χ4v) is 3.46. The van der Waals surface area contributed by atoms with Gasteiger partial charge in [-0.2, -0.15) is 4.98 Å². The molecule has 4 rings (SSSR count). The summed E-state index contributed by atoms with van der Waals surface area (Å²) in [5, 5.41) is 4.04. The van der Waals surface area contributed by atoms with Gasteiger partial charge in [0.05, 0.1) is 28.3 Å². The van der Waals surface area contributed by atoms with Crippen molar-refractivity contribution in [3.05, 3.63) is 63.4 Å². The monoisotopic (exact) mass is 475 g/mol. The van der Waals surface area contributed by atoms with Crippen LogP contribution in [0.15, 0.2) is 40.9 Å². The van der Waals surface area contributed by atoms with Crippen molar-refractivity contribution in [3.8, 4) is 17.2 Å². The molecule has 9 nitrogen and oxygen atoms in total. The molecule has 0 N–H and O–H groups in total. The van der Waals surface area contributed by atoms with Crippen molar-refractivity contribution in [2.24, 2.45) is 0 Å². The summed E-state index contributed by atoms with van der Waals surface area (Å²) >= 11 is 11.9. The Hall–Kier alpha value is -3.43. The largest absolute Gasteiger partial charge is 0.497 e. The van der Waals surface area contributed by atoms with E-state index in [1.165, 1.54) is 19.1 Å². The van der Waals surface area contributed by atoms with Crippen LogP contribution in [0.3, 0.4) is 0 Å². The normalized spacial score (nSPS) is 13.8. The maximum atomic E-state index is 12.6. The predicted octanol–water partition coefficient (Wildman–Crippen LogP) is 3.78. The fourth-order valence-electron chi connectivity index (χ4n) is 3.13. The number of carbonyl (C=O) groups excluding carboxylic acids is 3. The van der Waals surface area contributed by atoms with Crippen LogP contribution < -0.4 is 4.74 Å². The lowest BCUT2D eigenvalue weighted by molar-refractivity contribution is -0.149.